The molecule has 2 aromatic carbocycles. The molecule has 0 saturated heterocycles. The lowest BCUT2D eigenvalue weighted by atomic mass is 10.0. The first-order valence-electron chi connectivity index (χ1n) is 6.12. The zero-order valence-corrected chi connectivity index (χ0v) is 12.9. The summed E-state index contributed by atoms with van der Waals surface area (Å²) >= 11 is 4.91. The molecule has 5 heteroatoms. The highest BCUT2D eigenvalue weighted by Gasteiger charge is 2.20. The molecule has 0 radical (unpaired) electrons. The van der Waals surface area contributed by atoms with E-state index in [1.165, 1.54) is 0 Å². The average Bonchev–Trinajstić information content (AvgIpc) is 2.46. The van der Waals surface area contributed by atoms with Gasteiger partial charge in [0.25, 0.3) is 0 Å². The minimum Gasteiger partial charge on any atom is -0.593 e. The minimum atomic E-state index is -1.22. The molecule has 0 aliphatic carbocycles. The highest BCUT2D eigenvalue weighted by molar-refractivity contribution is 7.89. The van der Waals surface area contributed by atoms with Crippen LogP contribution in [0.1, 0.15) is 5.56 Å². The highest BCUT2D eigenvalue weighted by Crippen LogP contribution is 2.31. The number of nitrogens with zero attached hydrogens (tertiary/aromatic N) is 1. The van der Waals surface area contributed by atoms with Gasteiger partial charge in [0.15, 0.2) is 4.90 Å². The van der Waals surface area contributed by atoms with Gasteiger partial charge >= 0.3 is 0 Å². The van der Waals surface area contributed by atoms with Gasteiger partial charge in [-0.1, -0.05) is 35.9 Å². The lowest BCUT2D eigenvalue weighted by Crippen LogP contribution is -2.22. The second-order valence-electron chi connectivity index (χ2n) is 4.52. The van der Waals surface area contributed by atoms with Crippen LogP contribution in [-0.4, -0.2) is 28.1 Å². The summed E-state index contributed by atoms with van der Waals surface area (Å²) in [6, 6.07) is 13.0. The Morgan fingerprint density at radius 3 is 2.50 bits per heavy atom. The van der Waals surface area contributed by atoms with Gasteiger partial charge in [0, 0.05) is 24.7 Å². The van der Waals surface area contributed by atoms with E-state index < -0.39 is 11.4 Å². The molecule has 3 nitrogen and oxygen atoms in total. The third-order valence-electron chi connectivity index (χ3n) is 2.94. The van der Waals surface area contributed by atoms with Crippen LogP contribution in [0.4, 0.5) is 0 Å². The van der Waals surface area contributed by atoms with Gasteiger partial charge in [-0.05, 0) is 29.3 Å². The number of aliphatic hydroxyl groups is 1. The van der Waals surface area contributed by atoms with E-state index in [4.69, 9.17) is 16.7 Å². The van der Waals surface area contributed by atoms with Crippen molar-refractivity contribution in [2.24, 2.45) is 0 Å². The molecular formula is C15H16ClNO2S. The lowest BCUT2D eigenvalue weighted by molar-refractivity contribution is 0.282. The molecular weight excluding hydrogens is 294 g/mol. The zero-order valence-electron chi connectivity index (χ0n) is 11.3. The van der Waals surface area contributed by atoms with Crippen molar-refractivity contribution in [3.05, 3.63) is 53.1 Å². The third-order valence-corrected chi connectivity index (χ3v) is 4.69. The molecule has 0 aliphatic rings. The summed E-state index contributed by atoms with van der Waals surface area (Å²) in [5.74, 6) is 0. The molecule has 0 aliphatic heterocycles. The van der Waals surface area contributed by atoms with Crippen molar-refractivity contribution in [3.63, 3.8) is 0 Å². The van der Waals surface area contributed by atoms with E-state index in [0.29, 0.717) is 10.6 Å². The second-order valence-corrected chi connectivity index (χ2v) is 6.60. The number of benzene rings is 2. The van der Waals surface area contributed by atoms with E-state index in [2.05, 4.69) is 0 Å². The van der Waals surface area contributed by atoms with Crippen molar-refractivity contribution in [3.8, 4) is 11.1 Å². The van der Waals surface area contributed by atoms with Crippen LogP contribution in [0.15, 0.2) is 47.4 Å². The Kier molecular flexibility index (Phi) is 5.07. The maximum Gasteiger partial charge on any atom is 0.181 e. The first kappa shape index (κ1) is 15.4. The minimum absolute atomic E-state index is 0.0929. The number of halogens is 1. The SMILES string of the molecule is CN(C)[S+]([O-])c1ccccc1-c1ccc(CO)c(Cl)c1. The van der Waals surface area contributed by atoms with Gasteiger partial charge in [-0.2, -0.15) is 0 Å². The van der Waals surface area contributed by atoms with Gasteiger partial charge in [-0.25, -0.2) is 0 Å². The maximum absolute atomic E-state index is 12.3. The van der Waals surface area contributed by atoms with Crippen LogP contribution in [0.2, 0.25) is 5.02 Å². The molecule has 0 amide bonds. The van der Waals surface area contributed by atoms with Crippen LogP contribution in [0.3, 0.4) is 0 Å². The molecule has 20 heavy (non-hydrogen) atoms. The summed E-state index contributed by atoms with van der Waals surface area (Å²) in [5.41, 5.74) is 2.45. The van der Waals surface area contributed by atoms with Gasteiger partial charge in [-0.15, -0.1) is 4.31 Å². The second kappa shape index (κ2) is 6.61. The van der Waals surface area contributed by atoms with E-state index in [1.807, 2.05) is 30.3 Å². The number of hydrogen-bond donors (Lipinski definition) is 1. The number of rotatable bonds is 4. The monoisotopic (exact) mass is 309 g/mol. The number of aliphatic hydroxyl groups excluding tert-OH is 1. The van der Waals surface area contributed by atoms with Crippen molar-refractivity contribution in [2.75, 3.05) is 14.1 Å². The topological polar surface area (TPSA) is 46.5 Å². The Balaban J connectivity index is 2.50. The summed E-state index contributed by atoms with van der Waals surface area (Å²) < 4.78 is 14.0. The number of hydrogen-bond acceptors (Lipinski definition) is 3. The average molecular weight is 310 g/mol. The molecule has 0 bridgehead atoms. The molecule has 1 atom stereocenters. The molecule has 2 rings (SSSR count). The van der Waals surface area contributed by atoms with E-state index in [1.54, 1.807) is 30.5 Å². The van der Waals surface area contributed by atoms with Crippen molar-refractivity contribution in [2.45, 2.75) is 11.5 Å². The Labute approximate surface area is 127 Å². The summed E-state index contributed by atoms with van der Waals surface area (Å²) in [6.45, 7) is -0.0929. The van der Waals surface area contributed by atoms with Gasteiger partial charge in [0.2, 0.25) is 0 Å². The fourth-order valence-corrected chi connectivity index (χ4v) is 3.10. The van der Waals surface area contributed by atoms with Crippen LogP contribution in [0.5, 0.6) is 0 Å². The fourth-order valence-electron chi connectivity index (χ4n) is 1.90. The van der Waals surface area contributed by atoms with Crippen LogP contribution >= 0.6 is 11.6 Å². The van der Waals surface area contributed by atoms with Crippen LogP contribution in [0, 0.1) is 0 Å². The fraction of sp³-hybridized carbons (Fsp3) is 0.200. The Bertz CT molecular complexity index is 604. The smallest absolute Gasteiger partial charge is 0.181 e. The third kappa shape index (κ3) is 3.16. The molecule has 1 N–H and O–H groups in total. The molecule has 0 aromatic heterocycles. The quantitative estimate of drug-likeness (QED) is 0.883. The molecule has 0 heterocycles. The maximum atomic E-state index is 12.3. The summed E-state index contributed by atoms with van der Waals surface area (Å²) in [6.07, 6.45) is 0. The van der Waals surface area contributed by atoms with Crippen LogP contribution < -0.4 is 0 Å². The van der Waals surface area contributed by atoms with E-state index in [9.17, 15) is 4.55 Å². The van der Waals surface area contributed by atoms with Gasteiger partial charge < -0.3 is 9.66 Å². The van der Waals surface area contributed by atoms with Crippen molar-refractivity contribution >= 4 is 23.0 Å². The first-order chi connectivity index (χ1) is 9.54. The predicted octanol–water partition coefficient (Wildman–Crippen LogP) is 3.08. The van der Waals surface area contributed by atoms with Crippen molar-refractivity contribution in [1.29, 1.82) is 0 Å². The van der Waals surface area contributed by atoms with Gasteiger partial charge in [0.1, 0.15) is 0 Å². The standard InChI is InChI=1S/C15H16ClNO2S/c1-17(2)20(19)15-6-4-3-5-13(15)11-7-8-12(10-18)14(16)9-11/h3-9,18H,10H2,1-2H3. The Morgan fingerprint density at radius 1 is 1.20 bits per heavy atom. The van der Waals surface area contributed by atoms with Crippen molar-refractivity contribution < 1.29 is 9.66 Å². The predicted molar refractivity (Wildman–Crippen MR) is 82.9 cm³/mol. The largest absolute Gasteiger partial charge is 0.593 e. The Morgan fingerprint density at radius 2 is 1.90 bits per heavy atom. The molecule has 0 saturated carbocycles. The summed E-state index contributed by atoms with van der Waals surface area (Å²) in [5, 5.41) is 9.67. The Hall–Kier alpha value is -1.04. The molecule has 0 fully saturated rings. The zero-order chi connectivity index (χ0) is 14.7. The highest BCUT2D eigenvalue weighted by atomic mass is 35.5. The van der Waals surface area contributed by atoms with E-state index >= 15 is 0 Å². The molecule has 106 valence electrons. The van der Waals surface area contributed by atoms with E-state index in [0.717, 1.165) is 16.0 Å². The van der Waals surface area contributed by atoms with Crippen LogP contribution in [-0.2, 0) is 18.0 Å². The van der Waals surface area contributed by atoms with Gasteiger partial charge in [-0.3, -0.25) is 0 Å². The molecule has 0 spiro atoms. The van der Waals surface area contributed by atoms with Crippen molar-refractivity contribution in [1.82, 2.24) is 4.31 Å². The normalized spacial score (nSPS) is 12.7. The molecule has 1 unspecified atom stereocenters. The first-order valence-corrected chi connectivity index (χ1v) is 7.61. The van der Waals surface area contributed by atoms with E-state index in [-0.39, 0.29) is 6.61 Å². The summed E-state index contributed by atoms with van der Waals surface area (Å²) in [4.78, 5) is 0.741. The lowest BCUT2D eigenvalue weighted by Gasteiger charge is -2.18. The molecule has 2 aromatic rings. The van der Waals surface area contributed by atoms with Crippen LogP contribution in [0.25, 0.3) is 11.1 Å². The summed E-state index contributed by atoms with van der Waals surface area (Å²) in [7, 11) is 3.55. The van der Waals surface area contributed by atoms with Gasteiger partial charge in [0.05, 0.1) is 18.0 Å².